The van der Waals surface area contributed by atoms with Gasteiger partial charge in [0.1, 0.15) is 8.89 Å². The van der Waals surface area contributed by atoms with Crippen molar-refractivity contribution in [3.8, 4) is 0 Å². The van der Waals surface area contributed by atoms with Gasteiger partial charge in [0.15, 0.2) is 0 Å². The lowest BCUT2D eigenvalue weighted by Gasteiger charge is -1.78. The van der Waals surface area contributed by atoms with E-state index >= 15 is 0 Å². The Labute approximate surface area is 39.1 Å². The van der Waals surface area contributed by atoms with Crippen LogP contribution in [0, 0.1) is 0 Å². The average molecular weight is 132 g/mol. The Balaban J connectivity index is 3.72. The molecule has 0 aliphatic rings. The minimum Gasteiger partial charge on any atom is -0.223 e. The quantitative estimate of drug-likeness (QED) is 0.380. The molecule has 0 nitrogen and oxygen atoms in total. The van der Waals surface area contributed by atoms with Gasteiger partial charge < -0.3 is 0 Å². The zero-order chi connectivity index (χ0) is 5.86. The maximum absolute atomic E-state index is 11.0. The van der Waals surface area contributed by atoms with Crippen molar-refractivity contribution in [2.75, 3.05) is 0 Å². The van der Waals surface area contributed by atoms with E-state index in [2.05, 4.69) is 0 Å². The van der Waals surface area contributed by atoms with E-state index in [1.165, 1.54) is 0 Å². The Morgan fingerprint density at radius 1 is 1.14 bits per heavy atom. The van der Waals surface area contributed by atoms with Crippen LogP contribution in [0.2, 0.25) is 0 Å². The summed E-state index contributed by atoms with van der Waals surface area (Å²) in [4.78, 5) is 0. The molecular formula is C2HF4P. The summed E-state index contributed by atoms with van der Waals surface area (Å²) in [6.07, 6.45) is -2.57. The Hall–Kier alpha value is -0.110. The van der Waals surface area contributed by atoms with Gasteiger partial charge in [-0.15, -0.1) is 0 Å². The van der Waals surface area contributed by atoms with Crippen molar-refractivity contribution in [2.45, 2.75) is 0 Å². The lowest BCUT2D eigenvalue weighted by molar-refractivity contribution is 0.393. The summed E-state index contributed by atoms with van der Waals surface area (Å²) in [7, 11) is -1.93. The molecule has 0 aromatic rings. The van der Waals surface area contributed by atoms with Gasteiger partial charge in [-0.3, -0.25) is 0 Å². The minimum absolute atomic E-state index is 1.93. The third-order valence-corrected chi connectivity index (χ3v) is 0.604. The molecule has 0 spiro atoms. The van der Waals surface area contributed by atoms with Crippen molar-refractivity contribution in [3.63, 3.8) is 0 Å². The standard InChI is InChI=1S/C2HF4P/c3-1(4)2(5)7-6/h7H. The topological polar surface area (TPSA) is 0 Å². The zero-order valence-corrected chi connectivity index (χ0v) is 4.01. The third kappa shape index (κ3) is 2.57. The van der Waals surface area contributed by atoms with Gasteiger partial charge in [-0.2, -0.15) is 13.2 Å². The second-order valence-corrected chi connectivity index (χ2v) is 1.30. The number of hydrogen-bond acceptors (Lipinski definition) is 0. The molecule has 0 saturated carbocycles. The van der Waals surface area contributed by atoms with Crippen molar-refractivity contribution in [2.24, 2.45) is 0 Å². The first kappa shape index (κ1) is 6.89. The highest BCUT2D eigenvalue weighted by atomic mass is 31.1. The summed E-state index contributed by atoms with van der Waals surface area (Å²) < 4.78 is 43.2. The van der Waals surface area contributed by atoms with Crippen molar-refractivity contribution in [1.29, 1.82) is 0 Å². The summed E-state index contributed by atoms with van der Waals surface area (Å²) in [5.74, 6) is 0. The zero-order valence-electron chi connectivity index (χ0n) is 3.01. The van der Waals surface area contributed by atoms with Crippen molar-refractivity contribution in [1.82, 2.24) is 0 Å². The van der Waals surface area contributed by atoms with Crippen LogP contribution in [0.3, 0.4) is 0 Å². The molecule has 0 N–H and O–H groups in total. The highest BCUT2D eigenvalue weighted by Gasteiger charge is 2.01. The molecule has 0 fully saturated rings. The van der Waals surface area contributed by atoms with E-state index in [1.807, 2.05) is 0 Å². The number of hydrogen-bond donors (Lipinski definition) is 0. The van der Waals surface area contributed by atoms with E-state index in [0.29, 0.717) is 0 Å². The van der Waals surface area contributed by atoms with Gasteiger partial charge in [0, 0.05) is 0 Å². The molecule has 7 heavy (non-hydrogen) atoms. The molecule has 1 unspecified atom stereocenters. The monoisotopic (exact) mass is 132 g/mol. The smallest absolute Gasteiger partial charge is 0.223 e. The Morgan fingerprint density at radius 3 is 1.57 bits per heavy atom. The SMILES string of the molecule is FPC(F)=C(F)F. The van der Waals surface area contributed by atoms with Gasteiger partial charge >= 0.3 is 6.08 Å². The second-order valence-electron chi connectivity index (χ2n) is 0.669. The van der Waals surface area contributed by atoms with Crippen molar-refractivity contribution >= 4 is 8.89 Å². The van der Waals surface area contributed by atoms with Crippen LogP contribution in [0.1, 0.15) is 0 Å². The van der Waals surface area contributed by atoms with Gasteiger partial charge in [0.05, 0.1) is 0 Å². The predicted molar refractivity (Wildman–Crippen MR) is 19.8 cm³/mol. The Kier molecular flexibility index (Phi) is 2.92. The van der Waals surface area contributed by atoms with E-state index in [9.17, 15) is 17.4 Å². The van der Waals surface area contributed by atoms with Gasteiger partial charge in [-0.1, -0.05) is 0 Å². The summed E-state index contributed by atoms with van der Waals surface area (Å²) in [5.41, 5.74) is -1.96. The fourth-order valence-corrected chi connectivity index (χ4v) is 0.107. The minimum atomic E-state index is -2.57. The molecule has 5 heteroatoms. The van der Waals surface area contributed by atoms with Crippen LogP contribution < -0.4 is 0 Å². The molecule has 0 bridgehead atoms. The molecule has 0 amide bonds. The summed E-state index contributed by atoms with van der Waals surface area (Å²) in [6, 6.07) is 0. The number of rotatable bonds is 1. The van der Waals surface area contributed by atoms with Crippen LogP contribution >= 0.6 is 8.89 Å². The van der Waals surface area contributed by atoms with E-state index < -0.39 is 20.5 Å². The first-order valence-corrected chi connectivity index (χ1v) is 2.13. The highest BCUT2D eigenvalue weighted by molar-refractivity contribution is 7.36. The normalized spacial score (nSPS) is 10.3. The van der Waals surface area contributed by atoms with Crippen molar-refractivity contribution < 1.29 is 17.4 Å². The van der Waals surface area contributed by atoms with Crippen LogP contribution in [0.5, 0.6) is 0 Å². The van der Waals surface area contributed by atoms with E-state index in [0.717, 1.165) is 0 Å². The molecule has 0 aromatic carbocycles. The molecule has 0 aliphatic heterocycles. The van der Waals surface area contributed by atoms with Gasteiger partial charge in [0.25, 0.3) is 0 Å². The van der Waals surface area contributed by atoms with Gasteiger partial charge in [0.2, 0.25) is 5.57 Å². The average Bonchev–Trinajstić information content (AvgIpc) is 1.65. The molecule has 0 aromatic heterocycles. The summed E-state index contributed by atoms with van der Waals surface area (Å²) >= 11 is 0. The first-order valence-electron chi connectivity index (χ1n) is 1.26. The lowest BCUT2D eigenvalue weighted by Crippen LogP contribution is -1.57. The molecule has 0 rings (SSSR count). The maximum Gasteiger partial charge on any atom is 0.308 e. The fraction of sp³-hybridized carbons (Fsp3) is 0. The van der Waals surface area contributed by atoms with Crippen LogP contribution in [0.15, 0.2) is 11.6 Å². The molecular weight excluding hydrogens is 131 g/mol. The van der Waals surface area contributed by atoms with Crippen molar-refractivity contribution in [3.05, 3.63) is 11.6 Å². The first-order chi connectivity index (χ1) is 3.18. The molecule has 0 saturated heterocycles. The number of halogens is 4. The Morgan fingerprint density at radius 2 is 1.57 bits per heavy atom. The van der Waals surface area contributed by atoms with Gasteiger partial charge in [-0.05, 0) is 0 Å². The summed E-state index contributed by atoms with van der Waals surface area (Å²) in [6.45, 7) is 0. The van der Waals surface area contributed by atoms with Crippen LogP contribution in [-0.2, 0) is 0 Å². The molecule has 0 aliphatic carbocycles. The molecule has 0 radical (unpaired) electrons. The van der Waals surface area contributed by atoms with Crippen LogP contribution in [-0.4, -0.2) is 0 Å². The highest BCUT2D eigenvalue weighted by Crippen LogP contribution is 2.29. The van der Waals surface area contributed by atoms with E-state index in [1.54, 1.807) is 0 Å². The summed E-state index contributed by atoms with van der Waals surface area (Å²) in [5, 5.41) is 0. The third-order valence-electron chi connectivity index (χ3n) is 0.249. The van der Waals surface area contributed by atoms with Gasteiger partial charge in [-0.25, -0.2) is 4.20 Å². The van der Waals surface area contributed by atoms with E-state index in [4.69, 9.17) is 0 Å². The lowest BCUT2D eigenvalue weighted by atomic mass is 11.1. The maximum atomic E-state index is 11.0. The predicted octanol–water partition coefficient (Wildman–Crippen LogP) is 2.58. The largest absolute Gasteiger partial charge is 0.308 e. The molecule has 1 atom stereocenters. The van der Waals surface area contributed by atoms with Crippen LogP contribution in [0.4, 0.5) is 17.4 Å². The van der Waals surface area contributed by atoms with E-state index in [-0.39, 0.29) is 0 Å². The molecule has 0 heterocycles. The molecule has 42 valence electrons. The fourth-order valence-electron chi connectivity index (χ4n) is 0.0357. The van der Waals surface area contributed by atoms with Crippen LogP contribution in [0.25, 0.3) is 0 Å². The second kappa shape index (κ2) is 2.97. The Bertz CT molecular complexity index is 83.7.